The maximum atomic E-state index is 12.0. The normalized spacial score (nSPS) is 12.8. The first-order chi connectivity index (χ1) is 9.31. The van der Waals surface area contributed by atoms with Crippen LogP contribution in [0, 0.1) is 0 Å². The van der Waals surface area contributed by atoms with Crippen LogP contribution in [0.1, 0.15) is 30.1 Å². The van der Waals surface area contributed by atoms with E-state index < -0.39 is 6.36 Å². The van der Waals surface area contributed by atoms with Crippen LogP contribution in [0.15, 0.2) is 24.3 Å². The molecule has 112 valence electrons. The molecule has 1 rings (SSSR count). The molecule has 1 atom stereocenters. The summed E-state index contributed by atoms with van der Waals surface area (Å²) in [6.07, 6.45) is -3.20. The highest BCUT2D eigenvalue weighted by molar-refractivity contribution is 5.94. The summed E-state index contributed by atoms with van der Waals surface area (Å²) in [5, 5.41) is 2.74. The Labute approximate surface area is 115 Å². The van der Waals surface area contributed by atoms with Crippen LogP contribution in [0.2, 0.25) is 0 Å². The van der Waals surface area contributed by atoms with Gasteiger partial charge in [0.1, 0.15) is 5.75 Å². The van der Waals surface area contributed by atoms with Crippen LogP contribution in [-0.4, -0.2) is 24.9 Å². The average Bonchev–Trinajstić information content (AvgIpc) is 2.35. The first-order valence-corrected chi connectivity index (χ1v) is 6.18. The van der Waals surface area contributed by atoms with E-state index in [2.05, 4.69) is 10.1 Å². The second-order valence-electron chi connectivity index (χ2n) is 4.38. The molecule has 0 saturated carbocycles. The molecular weight excluding hydrogens is 273 g/mol. The molecule has 0 saturated heterocycles. The van der Waals surface area contributed by atoms with Gasteiger partial charge in [0.25, 0.3) is 5.91 Å². The van der Waals surface area contributed by atoms with Crippen molar-refractivity contribution < 1.29 is 22.7 Å². The number of nitrogens with two attached hydrogens (primary N) is 1. The van der Waals surface area contributed by atoms with Crippen molar-refractivity contribution in [2.24, 2.45) is 5.73 Å². The Kier molecular flexibility index (Phi) is 5.82. The van der Waals surface area contributed by atoms with Crippen molar-refractivity contribution in [1.29, 1.82) is 0 Å². The molecule has 0 spiro atoms. The Hall–Kier alpha value is -1.76. The molecule has 0 aliphatic carbocycles. The lowest BCUT2D eigenvalue weighted by atomic mass is 10.1. The number of benzene rings is 1. The minimum absolute atomic E-state index is 0.0443. The number of alkyl halides is 3. The van der Waals surface area contributed by atoms with Crippen molar-refractivity contribution in [1.82, 2.24) is 5.32 Å². The molecule has 0 bridgehead atoms. The van der Waals surface area contributed by atoms with E-state index in [1.165, 1.54) is 12.1 Å². The van der Waals surface area contributed by atoms with E-state index >= 15 is 0 Å². The summed E-state index contributed by atoms with van der Waals surface area (Å²) in [7, 11) is 0. The highest BCUT2D eigenvalue weighted by Crippen LogP contribution is 2.22. The van der Waals surface area contributed by atoms with Crippen molar-refractivity contribution in [3.8, 4) is 5.75 Å². The van der Waals surface area contributed by atoms with E-state index in [0.29, 0.717) is 6.54 Å². The van der Waals surface area contributed by atoms with Gasteiger partial charge in [-0.25, -0.2) is 0 Å². The van der Waals surface area contributed by atoms with Crippen LogP contribution >= 0.6 is 0 Å². The molecule has 1 amide bonds. The Morgan fingerprint density at radius 1 is 1.35 bits per heavy atom. The monoisotopic (exact) mass is 290 g/mol. The molecule has 20 heavy (non-hydrogen) atoms. The Bertz CT molecular complexity index is 432. The van der Waals surface area contributed by atoms with Gasteiger partial charge in [0, 0.05) is 11.6 Å². The third-order valence-electron chi connectivity index (χ3n) is 2.57. The molecule has 4 nitrogen and oxygen atoms in total. The lowest BCUT2D eigenvalue weighted by Gasteiger charge is -2.13. The molecule has 0 aliphatic heterocycles. The number of ether oxygens (including phenoxy) is 1. The number of rotatable bonds is 6. The first kappa shape index (κ1) is 16.3. The van der Waals surface area contributed by atoms with Crippen LogP contribution < -0.4 is 15.8 Å². The quantitative estimate of drug-likeness (QED) is 0.845. The zero-order chi connectivity index (χ0) is 15.2. The maximum Gasteiger partial charge on any atom is 0.573 e. The molecule has 1 unspecified atom stereocenters. The Balaban J connectivity index is 2.57. The highest BCUT2D eigenvalue weighted by atomic mass is 19.4. The smallest absolute Gasteiger partial charge is 0.406 e. The SMILES string of the molecule is CC(CCCN)NC(=O)c1ccc(OC(F)(F)F)cc1. The van der Waals surface area contributed by atoms with Gasteiger partial charge in [-0.2, -0.15) is 0 Å². The van der Waals surface area contributed by atoms with Gasteiger partial charge in [-0.3, -0.25) is 4.79 Å². The number of carbonyl (C=O) groups is 1. The molecular formula is C13H17F3N2O2. The van der Waals surface area contributed by atoms with Gasteiger partial charge in [-0.05, 0) is 50.6 Å². The molecule has 0 heterocycles. The molecule has 1 aromatic rings. The fraction of sp³-hybridized carbons (Fsp3) is 0.462. The van der Waals surface area contributed by atoms with Gasteiger partial charge in [0.2, 0.25) is 0 Å². The van der Waals surface area contributed by atoms with Crippen molar-refractivity contribution in [2.45, 2.75) is 32.2 Å². The van der Waals surface area contributed by atoms with Crippen molar-refractivity contribution >= 4 is 5.91 Å². The average molecular weight is 290 g/mol. The van der Waals surface area contributed by atoms with E-state index in [9.17, 15) is 18.0 Å². The van der Waals surface area contributed by atoms with Crippen molar-refractivity contribution in [3.63, 3.8) is 0 Å². The minimum Gasteiger partial charge on any atom is -0.406 e. The molecule has 7 heteroatoms. The summed E-state index contributed by atoms with van der Waals surface area (Å²) in [6, 6.07) is 4.73. The van der Waals surface area contributed by atoms with Crippen LogP contribution in [0.5, 0.6) is 5.75 Å². The minimum atomic E-state index is -4.74. The lowest BCUT2D eigenvalue weighted by Crippen LogP contribution is -2.32. The predicted molar refractivity (Wildman–Crippen MR) is 68.3 cm³/mol. The van der Waals surface area contributed by atoms with Crippen LogP contribution in [0.3, 0.4) is 0 Å². The van der Waals surface area contributed by atoms with E-state index in [0.717, 1.165) is 25.0 Å². The van der Waals surface area contributed by atoms with Crippen molar-refractivity contribution in [3.05, 3.63) is 29.8 Å². The second-order valence-corrected chi connectivity index (χ2v) is 4.38. The highest BCUT2D eigenvalue weighted by Gasteiger charge is 2.31. The van der Waals surface area contributed by atoms with E-state index in [4.69, 9.17) is 5.73 Å². The Morgan fingerprint density at radius 3 is 2.45 bits per heavy atom. The topological polar surface area (TPSA) is 64.3 Å². The van der Waals surface area contributed by atoms with Gasteiger partial charge in [-0.1, -0.05) is 0 Å². The van der Waals surface area contributed by atoms with Crippen LogP contribution in [0.4, 0.5) is 13.2 Å². The number of halogens is 3. The van der Waals surface area contributed by atoms with Crippen molar-refractivity contribution in [2.75, 3.05) is 6.54 Å². The summed E-state index contributed by atoms with van der Waals surface area (Å²) in [6.45, 7) is 2.39. The number of carbonyl (C=O) groups excluding carboxylic acids is 1. The van der Waals surface area contributed by atoms with E-state index in [1.807, 2.05) is 6.92 Å². The van der Waals surface area contributed by atoms with Gasteiger partial charge < -0.3 is 15.8 Å². The van der Waals surface area contributed by atoms with E-state index in [1.54, 1.807) is 0 Å². The maximum absolute atomic E-state index is 12.0. The summed E-state index contributed by atoms with van der Waals surface area (Å²) in [5.74, 6) is -0.696. The zero-order valence-corrected chi connectivity index (χ0v) is 11.0. The molecule has 1 aromatic carbocycles. The zero-order valence-electron chi connectivity index (χ0n) is 11.0. The van der Waals surface area contributed by atoms with Gasteiger partial charge in [0.05, 0.1) is 0 Å². The predicted octanol–water partition coefficient (Wildman–Crippen LogP) is 2.44. The molecule has 3 N–H and O–H groups in total. The van der Waals surface area contributed by atoms with E-state index in [-0.39, 0.29) is 23.3 Å². The fourth-order valence-corrected chi connectivity index (χ4v) is 1.61. The molecule has 0 radical (unpaired) electrons. The second kappa shape index (κ2) is 7.14. The van der Waals surface area contributed by atoms with Gasteiger partial charge >= 0.3 is 6.36 Å². The fourth-order valence-electron chi connectivity index (χ4n) is 1.61. The molecule has 0 aliphatic rings. The number of nitrogens with one attached hydrogen (secondary N) is 1. The van der Waals surface area contributed by atoms with Gasteiger partial charge in [0.15, 0.2) is 0 Å². The largest absolute Gasteiger partial charge is 0.573 e. The molecule has 0 aromatic heterocycles. The summed E-state index contributed by atoms with van der Waals surface area (Å²) in [5.41, 5.74) is 5.64. The van der Waals surface area contributed by atoms with Crippen LogP contribution in [-0.2, 0) is 0 Å². The number of hydrogen-bond acceptors (Lipinski definition) is 3. The summed E-state index contributed by atoms with van der Waals surface area (Å²) >= 11 is 0. The first-order valence-electron chi connectivity index (χ1n) is 6.18. The third-order valence-corrected chi connectivity index (χ3v) is 2.57. The van der Waals surface area contributed by atoms with Crippen LogP contribution in [0.25, 0.3) is 0 Å². The molecule has 0 fully saturated rings. The number of hydrogen-bond donors (Lipinski definition) is 2. The third kappa shape index (κ3) is 5.92. The number of amides is 1. The summed E-state index contributed by atoms with van der Waals surface area (Å²) in [4.78, 5) is 11.8. The summed E-state index contributed by atoms with van der Waals surface area (Å²) < 4.78 is 39.7. The standard InChI is InChI=1S/C13H17F3N2O2/c1-9(3-2-8-17)18-12(19)10-4-6-11(7-5-10)20-13(14,15)16/h4-7,9H,2-3,8,17H2,1H3,(H,18,19). The lowest BCUT2D eigenvalue weighted by molar-refractivity contribution is -0.274. The van der Waals surface area contributed by atoms with Gasteiger partial charge in [-0.15, -0.1) is 13.2 Å². The Morgan fingerprint density at radius 2 is 1.95 bits per heavy atom.